The summed E-state index contributed by atoms with van der Waals surface area (Å²) in [6, 6.07) is 8.39. The van der Waals surface area contributed by atoms with Crippen molar-refractivity contribution in [2.24, 2.45) is 10.9 Å². The van der Waals surface area contributed by atoms with Crippen molar-refractivity contribution < 1.29 is 9.53 Å². The predicted molar refractivity (Wildman–Crippen MR) is 134 cm³/mol. The highest BCUT2D eigenvalue weighted by atomic mass is 127. The lowest BCUT2D eigenvalue weighted by molar-refractivity contribution is -0.122. The minimum absolute atomic E-state index is 0. The first-order valence-corrected chi connectivity index (χ1v) is 10.8. The van der Waals surface area contributed by atoms with Crippen LogP contribution in [0.3, 0.4) is 0 Å². The number of benzene rings is 1. The van der Waals surface area contributed by atoms with Crippen LogP contribution in [0.2, 0.25) is 0 Å². The van der Waals surface area contributed by atoms with Gasteiger partial charge in [0.1, 0.15) is 5.75 Å². The largest absolute Gasteiger partial charge is 0.497 e. The van der Waals surface area contributed by atoms with Crippen molar-refractivity contribution in [3.05, 3.63) is 29.8 Å². The first kappa shape index (κ1) is 26.5. The van der Waals surface area contributed by atoms with Crippen LogP contribution in [-0.4, -0.2) is 63.1 Å². The van der Waals surface area contributed by atoms with E-state index in [1.54, 1.807) is 7.11 Å². The van der Waals surface area contributed by atoms with Gasteiger partial charge in [-0.2, -0.15) is 0 Å². The van der Waals surface area contributed by atoms with Crippen molar-refractivity contribution in [3.8, 4) is 5.75 Å². The van der Waals surface area contributed by atoms with E-state index < -0.39 is 0 Å². The van der Waals surface area contributed by atoms with Gasteiger partial charge in [0.05, 0.1) is 19.7 Å². The van der Waals surface area contributed by atoms with Crippen LogP contribution in [0.1, 0.15) is 45.2 Å². The van der Waals surface area contributed by atoms with E-state index in [4.69, 9.17) is 9.73 Å². The molecule has 1 aliphatic rings. The van der Waals surface area contributed by atoms with Gasteiger partial charge in [0.15, 0.2) is 5.96 Å². The Morgan fingerprint density at radius 2 is 1.87 bits per heavy atom. The molecule has 0 aliphatic heterocycles. The zero-order valence-electron chi connectivity index (χ0n) is 18.7. The lowest BCUT2D eigenvalue weighted by Gasteiger charge is -2.29. The van der Waals surface area contributed by atoms with Crippen LogP contribution < -0.4 is 20.7 Å². The van der Waals surface area contributed by atoms with E-state index in [-0.39, 0.29) is 41.8 Å². The Hall–Kier alpha value is -1.55. The normalized spacial score (nSPS) is 14.6. The Morgan fingerprint density at radius 1 is 1.17 bits per heavy atom. The zero-order chi connectivity index (χ0) is 21.1. The highest BCUT2D eigenvalue weighted by molar-refractivity contribution is 14.0. The molecule has 3 N–H and O–H groups in total. The van der Waals surface area contributed by atoms with Gasteiger partial charge in [-0.25, -0.2) is 0 Å². The molecule has 1 unspecified atom stereocenters. The van der Waals surface area contributed by atoms with Crippen LogP contribution in [0, 0.1) is 5.92 Å². The number of hydrogen-bond acceptors (Lipinski definition) is 4. The number of guanidine groups is 1. The molecule has 170 valence electrons. The molecule has 0 heterocycles. The first-order valence-electron chi connectivity index (χ1n) is 10.8. The molecule has 1 saturated carbocycles. The molecule has 1 aliphatic carbocycles. The lowest BCUT2D eigenvalue weighted by atomic mass is 10.0. The van der Waals surface area contributed by atoms with Crippen molar-refractivity contribution in [3.63, 3.8) is 0 Å². The van der Waals surface area contributed by atoms with Gasteiger partial charge in [0.2, 0.25) is 5.91 Å². The Morgan fingerprint density at radius 3 is 2.47 bits per heavy atom. The number of halogens is 1. The molecular formula is C22H38IN5O2. The molecule has 30 heavy (non-hydrogen) atoms. The van der Waals surface area contributed by atoms with Gasteiger partial charge in [-0.15, -0.1) is 24.0 Å². The predicted octanol–water partition coefficient (Wildman–Crippen LogP) is 2.78. The molecule has 1 fully saturated rings. The molecular weight excluding hydrogens is 493 g/mol. The van der Waals surface area contributed by atoms with Crippen molar-refractivity contribution in [1.82, 2.24) is 20.9 Å². The molecule has 1 amide bonds. The average Bonchev–Trinajstić information content (AvgIpc) is 3.59. The van der Waals surface area contributed by atoms with Crippen LogP contribution in [-0.2, 0) is 4.79 Å². The summed E-state index contributed by atoms with van der Waals surface area (Å²) in [4.78, 5) is 19.0. The number of aliphatic imine (C=N–C) groups is 1. The van der Waals surface area contributed by atoms with E-state index in [1.165, 1.54) is 5.56 Å². The lowest BCUT2D eigenvalue weighted by Crippen LogP contribution is -2.42. The number of methoxy groups -OCH3 is 1. The molecule has 0 radical (unpaired) electrons. The molecule has 7 nitrogen and oxygen atoms in total. The molecule has 1 aromatic carbocycles. The SMILES string of the molecule is CCNC(=NCC(c1cccc(OC)c1)N(CC)CC)NCCNC(=O)C1CC1.I. The van der Waals surface area contributed by atoms with E-state index in [9.17, 15) is 4.79 Å². The fourth-order valence-corrected chi connectivity index (χ4v) is 3.32. The molecule has 1 atom stereocenters. The second kappa shape index (κ2) is 14.5. The number of nitrogens with zero attached hydrogens (tertiary/aromatic N) is 2. The minimum atomic E-state index is 0. The number of rotatable bonds is 12. The highest BCUT2D eigenvalue weighted by Gasteiger charge is 2.29. The number of likely N-dealkylation sites (N-methyl/N-ethyl adjacent to an activating group) is 1. The van der Waals surface area contributed by atoms with Crippen LogP contribution >= 0.6 is 24.0 Å². The van der Waals surface area contributed by atoms with Gasteiger partial charge in [0, 0.05) is 25.6 Å². The summed E-state index contributed by atoms with van der Waals surface area (Å²) in [5.41, 5.74) is 1.20. The molecule has 0 bridgehead atoms. The smallest absolute Gasteiger partial charge is 0.223 e. The van der Waals surface area contributed by atoms with Gasteiger partial charge in [-0.1, -0.05) is 26.0 Å². The number of carbonyl (C=O) groups is 1. The first-order chi connectivity index (χ1) is 14.1. The number of carbonyl (C=O) groups excluding carboxylic acids is 1. The second-order valence-electron chi connectivity index (χ2n) is 7.23. The molecule has 0 spiro atoms. The van der Waals surface area contributed by atoms with Gasteiger partial charge in [-0.3, -0.25) is 14.7 Å². The Kier molecular flexibility index (Phi) is 12.8. The number of amides is 1. The maximum Gasteiger partial charge on any atom is 0.223 e. The molecule has 0 saturated heterocycles. The van der Waals surface area contributed by atoms with Crippen LogP contribution in [0.15, 0.2) is 29.3 Å². The van der Waals surface area contributed by atoms with Gasteiger partial charge in [0.25, 0.3) is 0 Å². The Balaban J connectivity index is 0.00000450. The number of nitrogens with one attached hydrogen (secondary N) is 3. The van der Waals surface area contributed by atoms with Crippen molar-refractivity contribution in [1.29, 1.82) is 0 Å². The summed E-state index contributed by atoms with van der Waals surface area (Å²) in [6.45, 7) is 11.0. The Bertz CT molecular complexity index is 663. The number of ether oxygens (including phenoxy) is 1. The van der Waals surface area contributed by atoms with Crippen LogP contribution in [0.5, 0.6) is 5.75 Å². The van der Waals surface area contributed by atoms with Gasteiger partial charge >= 0.3 is 0 Å². The van der Waals surface area contributed by atoms with E-state index in [1.807, 2.05) is 12.1 Å². The summed E-state index contributed by atoms with van der Waals surface area (Å²) >= 11 is 0. The standard InChI is InChI=1S/C22H37N5O2.HI/c1-5-23-22(25-14-13-24-21(28)17-11-12-17)26-16-20(27(6-2)7-3)18-9-8-10-19(15-18)29-4;/h8-10,15,17,20H,5-7,11-14,16H2,1-4H3,(H,24,28)(H2,23,25,26);1H. The fourth-order valence-electron chi connectivity index (χ4n) is 3.32. The van der Waals surface area contributed by atoms with Crippen molar-refractivity contribution in [2.75, 3.05) is 46.4 Å². The summed E-state index contributed by atoms with van der Waals surface area (Å²) in [5, 5.41) is 9.59. The summed E-state index contributed by atoms with van der Waals surface area (Å²) in [5.74, 6) is 2.05. The Labute approximate surface area is 198 Å². The maximum absolute atomic E-state index is 11.7. The highest BCUT2D eigenvalue weighted by Crippen LogP contribution is 2.28. The monoisotopic (exact) mass is 531 g/mol. The van der Waals surface area contributed by atoms with E-state index >= 15 is 0 Å². The van der Waals surface area contributed by atoms with Gasteiger partial charge in [-0.05, 0) is 50.6 Å². The molecule has 8 heteroatoms. The second-order valence-corrected chi connectivity index (χ2v) is 7.23. The molecule has 0 aromatic heterocycles. The van der Waals surface area contributed by atoms with Crippen LogP contribution in [0.4, 0.5) is 0 Å². The van der Waals surface area contributed by atoms with E-state index in [2.05, 4.69) is 53.8 Å². The fraction of sp³-hybridized carbons (Fsp3) is 0.636. The third kappa shape index (κ3) is 8.67. The van der Waals surface area contributed by atoms with E-state index in [0.717, 1.165) is 44.2 Å². The minimum Gasteiger partial charge on any atom is -0.497 e. The number of hydrogen-bond donors (Lipinski definition) is 3. The summed E-state index contributed by atoms with van der Waals surface area (Å²) in [6.07, 6.45) is 2.06. The van der Waals surface area contributed by atoms with Crippen LogP contribution in [0.25, 0.3) is 0 Å². The average molecular weight is 531 g/mol. The van der Waals surface area contributed by atoms with E-state index in [0.29, 0.717) is 19.6 Å². The quantitative estimate of drug-likeness (QED) is 0.167. The zero-order valence-corrected chi connectivity index (χ0v) is 21.1. The third-order valence-corrected chi connectivity index (χ3v) is 5.16. The summed E-state index contributed by atoms with van der Waals surface area (Å²) < 4.78 is 5.41. The summed E-state index contributed by atoms with van der Waals surface area (Å²) in [7, 11) is 1.69. The van der Waals surface area contributed by atoms with Crippen molar-refractivity contribution >= 4 is 35.8 Å². The molecule has 1 aromatic rings. The van der Waals surface area contributed by atoms with Gasteiger partial charge < -0.3 is 20.7 Å². The third-order valence-electron chi connectivity index (χ3n) is 5.16. The molecule has 2 rings (SSSR count). The maximum atomic E-state index is 11.7. The topological polar surface area (TPSA) is 78.0 Å². The van der Waals surface area contributed by atoms with Crippen molar-refractivity contribution in [2.45, 2.75) is 39.7 Å².